The molecule has 2 rings (SSSR count). The molecule has 1 aromatic heterocycles. The number of hydrogen-bond acceptors (Lipinski definition) is 3. The lowest BCUT2D eigenvalue weighted by atomic mass is 9.98. The number of piperidine rings is 1. The molecule has 1 aliphatic heterocycles. The van der Waals surface area contributed by atoms with Gasteiger partial charge in [-0.3, -0.25) is 4.68 Å². The highest BCUT2D eigenvalue weighted by atomic mass is 15.4. The summed E-state index contributed by atoms with van der Waals surface area (Å²) >= 11 is 0. The van der Waals surface area contributed by atoms with Gasteiger partial charge in [-0.25, -0.2) is 0 Å². The summed E-state index contributed by atoms with van der Waals surface area (Å²) in [7, 11) is 1.95. The molecule has 0 saturated carbocycles. The summed E-state index contributed by atoms with van der Waals surface area (Å²) in [6.45, 7) is 2.23. The smallest absolute Gasteiger partial charge is 0.0753 e. The van der Waals surface area contributed by atoms with E-state index in [1.54, 1.807) is 0 Å². The molecule has 13 heavy (non-hydrogen) atoms. The molecule has 2 atom stereocenters. The van der Waals surface area contributed by atoms with Gasteiger partial charge in [-0.15, -0.1) is 5.10 Å². The lowest BCUT2D eigenvalue weighted by molar-refractivity contribution is 0.329. The Morgan fingerprint density at radius 3 is 3.00 bits per heavy atom. The molecule has 72 valence electrons. The molecule has 2 heterocycles. The van der Waals surface area contributed by atoms with Gasteiger partial charge in [0, 0.05) is 13.1 Å². The zero-order chi connectivity index (χ0) is 9.26. The predicted molar refractivity (Wildman–Crippen MR) is 50.2 cm³/mol. The first-order chi connectivity index (χ1) is 6.27. The van der Waals surface area contributed by atoms with E-state index in [1.807, 2.05) is 17.9 Å². The van der Waals surface area contributed by atoms with E-state index < -0.39 is 0 Å². The van der Waals surface area contributed by atoms with Crippen LogP contribution >= 0.6 is 0 Å². The van der Waals surface area contributed by atoms with Crippen molar-refractivity contribution in [2.45, 2.75) is 38.3 Å². The quantitative estimate of drug-likeness (QED) is 0.701. The minimum absolute atomic E-state index is 0.448. The fraction of sp³-hybridized carbons (Fsp3) is 0.778. The fourth-order valence-electron chi connectivity index (χ4n) is 1.98. The second-order valence-electron chi connectivity index (χ2n) is 3.83. The molecule has 1 fully saturated rings. The van der Waals surface area contributed by atoms with Crippen LogP contribution in [-0.4, -0.2) is 21.0 Å². The highest BCUT2D eigenvalue weighted by Gasteiger charge is 2.21. The Hall–Kier alpha value is -0.900. The van der Waals surface area contributed by atoms with Crippen molar-refractivity contribution in [3.8, 4) is 0 Å². The number of hydrogen-bond donors (Lipinski definition) is 1. The van der Waals surface area contributed by atoms with Gasteiger partial charge in [0.25, 0.3) is 0 Å². The van der Waals surface area contributed by atoms with Crippen LogP contribution in [0.3, 0.4) is 0 Å². The predicted octanol–water partition coefficient (Wildman–Crippen LogP) is 1.02. The van der Waals surface area contributed by atoms with Crippen molar-refractivity contribution in [2.75, 3.05) is 0 Å². The largest absolute Gasteiger partial charge is 0.306 e. The van der Waals surface area contributed by atoms with E-state index in [2.05, 4.69) is 22.6 Å². The van der Waals surface area contributed by atoms with E-state index in [9.17, 15) is 0 Å². The van der Waals surface area contributed by atoms with Crippen LogP contribution in [0.4, 0.5) is 0 Å². The van der Waals surface area contributed by atoms with E-state index >= 15 is 0 Å². The molecule has 4 heteroatoms. The third-order valence-electron chi connectivity index (χ3n) is 2.72. The van der Waals surface area contributed by atoms with Crippen molar-refractivity contribution in [3.05, 3.63) is 11.9 Å². The monoisotopic (exact) mass is 180 g/mol. The van der Waals surface area contributed by atoms with Crippen molar-refractivity contribution in [2.24, 2.45) is 7.05 Å². The van der Waals surface area contributed by atoms with E-state index in [0.717, 1.165) is 0 Å². The van der Waals surface area contributed by atoms with Crippen LogP contribution in [0.1, 0.15) is 37.9 Å². The topological polar surface area (TPSA) is 42.7 Å². The maximum atomic E-state index is 3.94. The van der Waals surface area contributed by atoms with Crippen molar-refractivity contribution < 1.29 is 0 Å². The molecule has 0 aromatic carbocycles. The maximum Gasteiger partial charge on any atom is 0.0753 e. The molecular weight excluding hydrogens is 164 g/mol. The van der Waals surface area contributed by atoms with Gasteiger partial charge in [-0.2, -0.15) is 0 Å². The van der Waals surface area contributed by atoms with Crippen LogP contribution in [-0.2, 0) is 7.05 Å². The van der Waals surface area contributed by atoms with Crippen LogP contribution in [0.2, 0.25) is 0 Å². The number of rotatable bonds is 1. The summed E-state index contributed by atoms with van der Waals surface area (Å²) in [5, 5.41) is 11.4. The summed E-state index contributed by atoms with van der Waals surface area (Å²) in [5.41, 5.74) is 1.20. The summed E-state index contributed by atoms with van der Waals surface area (Å²) in [6, 6.07) is 1.07. The third kappa shape index (κ3) is 1.72. The van der Waals surface area contributed by atoms with E-state index in [4.69, 9.17) is 0 Å². The van der Waals surface area contributed by atoms with Crippen LogP contribution in [0.5, 0.6) is 0 Å². The third-order valence-corrected chi connectivity index (χ3v) is 2.72. The van der Waals surface area contributed by atoms with Crippen molar-refractivity contribution in [1.29, 1.82) is 0 Å². The molecule has 4 nitrogen and oxygen atoms in total. The normalized spacial score (nSPS) is 29.1. The Kier molecular flexibility index (Phi) is 2.31. The molecule has 1 N–H and O–H groups in total. The van der Waals surface area contributed by atoms with Gasteiger partial charge >= 0.3 is 0 Å². The summed E-state index contributed by atoms with van der Waals surface area (Å²) in [4.78, 5) is 0. The molecule has 0 spiro atoms. The molecule has 2 unspecified atom stereocenters. The Morgan fingerprint density at radius 2 is 2.38 bits per heavy atom. The first-order valence-electron chi connectivity index (χ1n) is 4.88. The Morgan fingerprint density at radius 1 is 1.54 bits per heavy atom. The van der Waals surface area contributed by atoms with Crippen molar-refractivity contribution >= 4 is 0 Å². The number of nitrogens with one attached hydrogen (secondary N) is 1. The Labute approximate surface area is 78.3 Å². The number of aryl methyl sites for hydroxylation is 1. The minimum atomic E-state index is 0.448. The molecule has 1 aliphatic rings. The average Bonchev–Trinajstić information content (AvgIpc) is 2.51. The Balaban J connectivity index is 2.12. The summed E-state index contributed by atoms with van der Waals surface area (Å²) in [5.74, 6) is 0. The zero-order valence-corrected chi connectivity index (χ0v) is 8.20. The van der Waals surface area contributed by atoms with Crippen molar-refractivity contribution in [3.63, 3.8) is 0 Å². The SMILES string of the molecule is CC1CCCC(c2cnnn2C)N1. The highest BCUT2D eigenvalue weighted by molar-refractivity contribution is 5.03. The van der Waals surface area contributed by atoms with E-state index in [1.165, 1.54) is 25.0 Å². The maximum absolute atomic E-state index is 3.94. The van der Waals surface area contributed by atoms with Crippen LogP contribution in [0.15, 0.2) is 6.20 Å². The van der Waals surface area contributed by atoms with Gasteiger partial charge in [0.15, 0.2) is 0 Å². The second-order valence-corrected chi connectivity index (χ2v) is 3.83. The number of nitrogens with zero attached hydrogens (tertiary/aromatic N) is 3. The van der Waals surface area contributed by atoms with Gasteiger partial charge in [0.05, 0.1) is 17.9 Å². The minimum Gasteiger partial charge on any atom is -0.306 e. The molecule has 1 saturated heterocycles. The lowest BCUT2D eigenvalue weighted by Crippen LogP contribution is -2.35. The van der Waals surface area contributed by atoms with Gasteiger partial charge in [0.1, 0.15) is 0 Å². The van der Waals surface area contributed by atoms with Crippen molar-refractivity contribution in [1.82, 2.24) is 20.3 Å². The first-order valence-corrected chi connectivity index (χ1v) is 4.88. The first kappa shape index (κ1) is 8.69. The lowest BCUT2D eigenvalue weighted by Gasteiger charge is -2.28. The second kappa shape index (κ2) is 3.46. The average molecular weight is 180 g/mol. The molecular formula is C9H16N4. The summed E-state index contributed by atoms with van der Waals surface area (Å²) in [6.07, 6.45) is 5.63. The molecule has 0 amide bonds. The van der Waals surface area contributed by atoms with Crippen LogP contribution in [0.25, 0.3) is 0 Å². The van der Waals surface area contributed by atoms with Crippen LogP contribution < -0.4 is 5.32 Å². The van der Waals surface area contributed by atoms with E-state index in [-0.39, 0.29) is 0 Å². The van der Waals surface area contributed by atoms with Crippen LogP contribution in [0, 0.1) is 0 Å². The fourth-order valence-corrected chi connectivity index (χ4v) is 1.98. The van der Waals surface area contributed by atoms with Gasteiger partial charge < -0.3 is 5.32 Å². The summed E-state index contributed by atoms with van der Waals surface area (Å²) < 4.78 is 1.86. The molecule has 0 radical (unpaired) electrons. The zero-order valence-electron chi connectivity index (χ0n) is 8.20. The molecule has 1 aromatic rings. The highest BCUT2D eigenvalue weighted by Crippen LogP contribution is 2.23. The standard InChI is InChI=1S/C9H16N4/c1-7-4-3-5-8(11-7)9-6-10-12-13(9)2/h6-8,11H,3-5H2,1-2H3. The molecule has 0 aliphatic carbocycles. The Bertz CT molecular complexity index is 281. The van der Waals surface area contributed by atoms with E-state index in [0.29, 0.717) is 12.1 Å². The van der Waals surface area contributed by atoms with Gasteiger partial charge in [-0.05, 0) is 26.2 Å². The van der Waals surface area contributed by atoms with Gasteiger partial charge in [0.2, 0.25) is 0 Å². The van der Waals surface area contributed by atoms with Gasteiger partial charge in [-0.1, -0.05) is 5.21 Å². The number of aromatic nitrogens is 3. The molecule has 0 bridgehead atoms.